The zero-order chi connectivity index (χ0) is 24.7. The molecular weight excluding hydrogens is 445 g/mol. The first-order valence-electron chi connectivity index (χ1n) is 11.2. The molecule has 2 heterocycles. The van der Waals surface area contributed by atoms with E-state index in [4.69, 9.17) is 9.97 Å². The molecule has 0 aliphatic carbocycles. The summed E-state index contributed by atoms with van der Waals surface area (Å²) in [5, 5.41) is 12.9. The van der Waals surface area contributed by atoms with E-state index in [-0.39, 0.29) is 0 Å². The number of benzene rings is 2. The van der Waals surface area contributed by atoms with Gasteiger partial charge >= 0.3 is 6.18 Å². The Morgan fingerprint density at radius 3 is 2.41 bits per heavy atom. The van der Waals surface area contributed by atoms with Crippen molar-refractivity contribution in [2.45, 2.75) is 51.4 Å². The van der Waals surface area contributed by atoms with Gasteiger partial charge in [0.1, 0.15) is 5.82 Å². The summed E-state index contributed by atoms with van der Waals surface area (Å²) in [4.78, 5) is 23.8. The highest BCUT2D eigenvalue weighted by Crippen LogP contribution is 2.32. The Morgan fingerprint density at radius 2 is 1.76 bits per heavy atom. The van der Waals surface area contributed by atoms with Gasteiger partial charge in [-0.15, -0.1) is 0 Å². The molecule has 2 N–H and O–H groups in total. The number of rotatable bonds is 4. The molecule has 1 saturated heterocycles. The van der Waals surface area contributed by atoms with E-state index in [1.54, 1.807) is 0 Å². The van der Waals surface area contributed by atoms with Crippen molar-refractivity contribution in [1.29, 1.82) is 0 Å². The largest absolute Gasteiger partial charge is 0.426 e. The number of aryl methyl sites for hydroxylation is 2. The lowest BCUT2D eigenvalue weighted by molar-refractivity contribution is -0.245. The Morgan fingerprint density at radius 1 is 1.09 bits per heavy atom. The second kappa shape index (κ2) is 8.87. The van der Waals surface area contributed by atoms with Crippen LogP contribution in [0.25, 0.3) is 22.3 Å². The van der Waals surface area contributed by atoms with E-state index in [1.807, 2.05) is 56.3 Å². The first-order valence-corrected chi connectivity index (χ1v) is 11.2. The molecule has 4 rings (SSSR count). The molecule has 1 unspecified atom stereocenters. The number of nitrogens with zero attached hydrogens (tertiary/aromatic N) is 3. The average molecular weight is 473 g/mol. The smallest absolute Gasteiger partial charge is 0.373 e. The number of aliphatic hydroxyl groups is 1. The van der Waals surface area contributed by atoms with E-state index in [9.17, 15) is 23.1 Å². The van der Waals surface area contributed by atoms with E-state index in [2.05, 4.69) is 10.2 Å². The molecule has 1 amide bonds. The fourth-order valence-electron chi connectivity index (χ4n) is 4.10. The van der Waals surface area contributed by atoms with Crippen LogP contribution in [0, 0.1) is 13.8 Å². The molecule has 1 aromatic heterocycles. The van der Waals surface area contributed by atoms with Gasteiger partial charge in [-0.25, -0.2) is 9.97 Å². The van der Waals surface area contributed by atoms with Crippen LogP contribution in [0.15, 0.2) is 42.5 Å². The second-order valence-electron chi connectivity index (χ2n) is 9.01. The summed E-state index contributed by atoms with van der Waals surface area (Å²) in [7, 11) is 0. The summed E-state index contributed by atoms with van der Waals surface area (Å²) in [5.41, 5.74) is 0.459. The summed E-state index contributed by atoms with van der Waals surface area (Å²) in [6.07, 6.45) is -4.19. The molecule has 0 saturated carbocycles. The highest BCUT2D eigenvalue weighted by Gasteiger charge is 2.56. The number of carbonyl (C=O) groups is 1. The molecule has 9 heteroatoms. The summed E-state index contributed by atoms with van der Waals surface area (Å²) in [5.74, 6) is -0.0542. The monoisotopic (exact) mass is 472 g/mol. The minimum absolute atomic E-state index is 0.427. The number of halogens is 3. The molecule has 6 nitrogen and oxygen atoms in total. The Labute approximate surface area is 195 Å². The average Bonchev–Trinajstić information content (AvgIpc) is 2.78. The van der Waals surface area contributed by atoms with E-state index in [0.29, 0.717) is 38.7 Å². The third kappa shape index (κ3) is 4.57. The highest BCUT2D eigenvalue weighted by molar-refractivity contribution is 5.92. The van der Waals surface area contributed by atoms with Crippen LogP contribution in [0.4, 0.5) is 19.0 Å². The maximum absolute atomic E-state index is 13.0. The molecule has 2 aromatic carbocycles. The van der Waals surface area contributed by atoms with Crippen LogP contribution in [-0.4, -0.2) is 51.9 Å². The van der Waals surface area contributed by atoms with E-state index >= 15 is 0 Å². The number of amides is 1. The van der Waals surface area contributed by atoms with E-state index in [1.165, 1.54) is 0 Å². The number of hydrogen-bond acceptors (Lipinski definition) is 5. The van der Waals surface area contributed by atoms with Crippen LogP contribution >= 0.6 is 0 Å². The second-order valence-corrected chi connectivity index (χ2v) is 9.01. The third-order valence-electron chi connectivity index (χ3n) is 6.34. The van der Waals surface area contributed by atoms with Crippen LogP contribution in [0.5, 0.6) is 0 Å². The number of alkyl halides is 3. The molecule has 180 valence electrons. The van der Waals surface area contributed by atoms with Gasteiger partial charge in [0.15, 0.2) is 5.82 Å². The minimum atomic E-state index is -5.04. The summed E-state index contributed by atoms with van der Waals surface area (Å²) < 4.78 is 38.9. The van der Waals surface area contributed by atoms with E-state index in [0.717, 1.165) is 33.4 Å². The number of fused-ring (bicyclic) bond motifs is 1. The first-order chi connectivity index (χ1) is 16.0. The lowest BCUT2D eigenvalue weighted by atomic mass is 10.0. The van der Waals surface area contributed by atoms with Gasteiger partial charge in [-0.2, -0.15) is 13.2 Å². The van der Waals surface area contributed by atoms with Gasteiger partial charge < -0.3 is 15.3 Å². The Balaban J connectivity index is 1.59. The number of nitrogens with one attached hydrogen (secondary N) is 1. The first kappa shape index (κ1) is 23.9. The van der Waals surface area contributed by atoms with Crippen molar-refractivity contribution < 1.29 is 23.1 Å². The SMILES string of the molecule is Cc1ccc2c(N3CCC(NC(=O)C(C)(O)C(F)(F)F)CC3)nc(-c3ccccc3C)nc2c1. The topological polar surface area (TPSA) is 78.4 Å². The Bertz CT molecular complexity index is 1220. The molecule has 3 aromatic rings. The fourth-order valence-corrected chi connectivity index (χ4v) is 4.10. The molecule has 0 spiro atoms. The fraction of sp³-hybridized carbons (Fsp3) is 0.400. The highest BCUT2D eigenvalue weighted by atomic mass is 19.4. The van der Waals surface area contributed by atoms with Crippen molar-refractivity contribution >= 4 is 22.6 Å². The molecule has 0 bridgehead atoms. The molecule has 1 aliphatic rings. The number of anilines is 1. The third-order valence-corrected chi connectivity index (χ3v) is 6.34. The molecule has 1 fully saturated rings. The molecule has 34 heavy (non-hydrogen) atoms. The molecule has 1 aliphatic heterocycles. The maximum atomic E-state index is 13.0. The van der Waals surface area contributed by atoms with Crippen LogP contribution < -0.4 is 10.2 Å². The van der Waals surface area contributed by atoms with Crippen molar-refractivity contribution in [2.24, 2.45) is 0 Å². The number of piperidine rings is 1. The predicted octanol–water partition coefficient (Wildman–Crippen LogP) is 4.31. The summed E-state index contributed by atoms with van der Waals surface area (Å²) in [6.45, 7) is 5.46. The van der Waals surface area contributed by atoms with E-state index < -0.39 is 23.7 Å². The van der Waals surface area contributed by atoms with Gasteiger partial charge in [-0.05, 0) is 56.9 Å². The lowest BCUT2D eigenvalue weighted by Crippen LogP contribution is -2.58. The van der Waals surface area contributed by atoms with Crippen LogP contribution in [-0.2, 0) is 4.79 Å². The quantitative estimate of drug-likeness (QED) is 0.592. The zero-order valence-electron chi connectivity index (χ0n) is 19.3. The minimum Gasteiger partial charge on any atom is -0.373 e. The molecule has 1 atom stereocenters. The van der Waals surface area contributed by atoms with Gasteiger partial charge in [0.2, 0.25) is 5.60 Å². The molecular formula is C25H27F3N4O2. The van der Waals surface area contributed by atoms with Crippen LogP contribution in [0.1, 0.15) is 30.9 Å². The van der Waals surface area contributed by atoms with Crippen molar-refractivity contribution in [1.82, 2.24) is 15.3 Å². The van der Waals surface area contributed by atoms with Crippen LogP contribution in [0.3, 0.4) is 0 Å². The molecule has 0 radical (unpaired) electrons. The number of hydrogen-bond donors (Lipinski definition) is 2. The maximum Gasteiger partial charge on any atom is 0.426 e. The lowest BCUT2D eigenvalue weighted by Gasteiger charge is -2.35. The van der Waals surface area contributed by atoms with Crippen molar-refractivity contribution in [2.75, 3.05) is 18.0 Å². The van der Waals surface area contributed by atoms with Crippen LogP contribution in [0.2, 0.25) is 0 Å². The van der Waals surface area contributed by atoms with Gasteiger partial charge in [-0.3, -0.25) is 4.79 Å². The standard InChI is InChI=1S/C25H27F3N4O2/c1-15-8-9-19-20(14-15)30-21(18-7-5-4-6-16(18)2)31-22(19)32-12-10-17(11-13-32)29-23(33)24(3,34)25(26,27)28/h4-9,14,17,34H,10-13H2,1-3H3,(H,29,33). The Hall–Kier alpha value is -3.20. The summed E-state index contributed by atoms with van der Waals surface area (Å²) >= 11 is 0. The summed E-state index contributed by atoms with van der Waals surface area (Å²) in [6, 6.07) is 13.4. The van der Waals surface area contributed by atoms with Gasteiger partial charge in [-0.1, -0.05) is 30.3 Å². The number of carbonyl (C=O) groups excluding carboxylic acids is 1. The van der Waals surface area contributed by atoms with Crippen molar-refractivity contribution in [3.63, 3.8) is 0 Å². The normalized spacial score (nSPS) is 17.0. The van der Waals surface area contributed by atoms with Gasteiger partial charge in [0.25, 0.3) is 5.91 Å². The van der Waals surface area contributed by atoms with Gasteiger partial charge in [0, 0.05) is 30.1 Å². The predicted molar refractivity (Wildman–Crippen MR) is 125 cm³/mol. The van der Waals surface area contributed by atoms with Crippen molar-refractivity contribution in [3.8, 4) is 11.4 Å². The number of aromatic nitrogens is 2. The Kier molecular flexibility index (Phi) is 6.24. The zero-order valence-corrected chi connectivity index (χ0v) is 19.3. The van der Waals surface area contributed by atoms with Crippen molar-refractivity contribution in [3.05, 3.63) is 53.6 Å². The van der Waals surface area contributed by atoms with Gasteiger partial charge in [0.05, 0.1) is 5.52 Å².